The molecule has 0 saturated heterocycles. The Morgan fingerprint density at radius 1 is 1.08 bits per heavy atom. The molecule has 1 saturated carbocycles. The fraction of sp³-hybridized carbons (Fsp3) is 0.200. The molecule has 3 nitrogen and oxygen atoms in total. The minimum absolute atomic E-state index is 0.268. The van der Waals surface area contributed by atoms with Gasteiger partial charge in [-0.05, 0) is 60.7 Å². The lowest BCUT2D eigenvalue weighted by Crippen LogP contribution is -2.41. The third-order valence-corrected chi connectivity index (χ3v) is 6.28. The number of carbonyl (C=O) groups is 1. The van der Waals surface area contributed by atoms with E-state index >= 15 is 0 Å². The monoisotopic (exact) mass is 353 g/mol. The molecule has 0 spiro atoms. The number of halogens is 1. The lowest BCUT2D eigenvalue weighted by molar-refractivity contribution is -0.142. The van der Waals surface area contributed by atoms with Crippen molar-refractivity contribution in [2.75, 3.05) is 0 Å². The van der Waals surface area contributed by atoms with Crippen LogP contribution in [0.2, 0.25) is 0 Å². The van der Waals surface area contributed by atoms with Crippen LogP contribution in [-0.4, -0.2) is 20.8 Å². The zero-order valence-electron chi connectivity index (χ0n) is 13.4. The van der Waals surface area contributed by atoms with E-state index in [4.69, 9.17) is 0 Å². The number of thioether (sulfide) groups is 1. The summed E-state index contributed by atoms with van der Waals surface area (Å²) in [5, 5.41) is 10.5. The van der Waals surface area contributed by atoms with Crippen LogP contribution in [0.15, 0.2) is 59.6 Å². The van der Waals surface area contributed by atoms with Crippen molar-refractivity contribution < 1.29 is 14.3 Å². The number of nitrogens with zero attached hydrogens (tertiary/aromatic N) is 1. The van der Waals surface area contributed by atoms with Crippen molar-refractivity contribution in [1.29, 1.82) is 0 Å². The number of fused-ring (bicyclic) bond motifs is 1. The first-order valence-electron chi connectivity index (χ1n) is 8.15. The maximum Gasteiger partial charge on any atom is 0.320 e. The molecule has 126 valence electrons. The van der Waals surface area contributed by atoms with Crippen molar-refractivity contribution in [2.24, 2.45) is 0 Å². The Morgan fingerprint density at radius 3 is 2.44 bits per heavy atom. The SMILES string of the molecule is O=C(O)C1(Sc2ccnc3ccc(-c4ccc(F)cc4)cc23)CCC1. The molecule has 1 aromatic heterocycles. The van der Waals surface area contributed by atoms with Gasteiger partial charge in [0.2, 0.25) is 0 Å². The Bertz CT molecular complexity index is 952. The van der Waals surface area contributed by atoms with E-state index < -0.39 is 10.7 Å². The maximum absolute atomic E-state index is 13.2. The van der Waals surface area contributed by atoms with E-state index in [1.165, 1.54) is 23.9 Å². The van der Waals surface area contributed by atoms with Crippen LogP contribution in [0.5, 0.6) is 0 Å². The number of benzene rings is 2. The fourth-order valence-electron chi connectivity index (χ4n) is 3.10. The van der Waals surface area contributed by atoms with Gasteiger partial charge in [0.05, 0.1) is 5.52 Å². The van der Waals surface area contributed by atoms with Crippen molar-refractivity contribution in [3.05, 3.63) is 60.5 Å². The van der Waals surface area contributed by atoms with Gasteiger partial charge < -0.3 is 5.11 Å². The fourth-order valence-corrected chi connectivity index (χ4v) is 4.50. The molecule has 5 heteroatoms. The van der Waals surface area contributed by atoms with E-state index in [-0.39, 0.29) is 5.82 Å². The Labute approximate surface area is 148 Å². The summed E-state index contributed by atoms with van der Waals surface area (Å²) >= 11 is 1.42. The largest absolute Gasteiger partial charge is 0.480 e. The van der Waals surface area contributed by atoms with Gasteiger partial charge in [0.1, 0.15) is 10.6 Å². The average Bonchev–Trinajstić information content (AvgIpc) is 2.58. The summed E-state index contributed by atoms with van der Waals surface area (Å²) < 4.78 is 12.4. The highest BCUT2D eigenvalue weighted by atomic mass is 32.2. The van der Waals surface area contributed by atoms with Gasteiger partial charge in [0.15, 0.2) is 0 Å². The first-order valence-corrected chi connectivity index (χ1v) is 8.96. The van der Waals surface area contributed by atoms with Gasteiger partial charge in [-0.3, -0.25) is 9.78 Å². The topological polar surface area (TPSA) is 50.2 Å². The quantitative estimate of drug-likeness (QED) is 0.705. The van der Waals surface area contributed by atoms with Crippen LogP contribution in [-0.2, 0) is 4.79 Å². The molecule has 1 aliphatic rings. The van der Waals surface area contributed by atoms with Crippen molar-refractivity contribution in [3.63, 3.8) is 0 Å². The van der Waals surface area contributed by atoms with E-state index in [2.05, 4.69) is 4.98 Å². The normalized spacial score (nSPS) is 15.7. The van der Waals surface area contributed by atoms with E-state index in [0.717, 1.165) is 33.3 Å². The van der Waals surface area contributed by atoms with Gasteiger partial charge in [0, 0.05) is 16.5 Å². The summed E-state index contributed by atoms with van der Waals surface area (Å²) in [5.74, 6) is -1.01. The van der Waals surface area contributed by atoms with Gasteiger partial charge in [-0.1, -0.05) is 18.2 Å². The highest BCUT2D eigenvalue weighted by Gasteiger charge is 2.45. The molecule has 3 aromatic rings. The van der Waals surface area contributed by atoms with E-state index in [1.54, 1.807) is 18.3 Å². The molecular formula is C20H16FNO2S. The zero-order valence-corrected chi connectivity index (χ0v) is 14.2. The first-order chi connectivity index (χ1) is 12.1. The predicted molar refractivity (Wildman–Crippen MR) is 97.2 cm³/mol. The van der Waals surface area contributed by atoms with Crippen molar-refractivity contribution in [2.45, 2.75) is 28.9 Å². The summed E-state index contributed by atoms with van der Waals surface area (Å²) in [5.41, 5.74) is 2.70. The highest BCUT2D eigenvalue weighted by Crippen LogP contribution is 2.49. The van der Waals surface area contributed by atoms with Gasteiger partial charge in [-0.25, -0.2) is 4.39 Å². The van der Waals surface area contributed by atoms with Crippen LogP contribution >= 0.6 is 11.8 Å². The highest BCUT2D eigenvalue weighted by molar-refractivity contribution is 8.01. The van der Waals surface area contributed by atoms with Crippen molar-refractivity contribution in [1.82, 2.24) is 4.98 Å². The number of hydrogen-bond donors (Lipinski definition) is 1. The summed E-state index contributed by atoms with van der Waals surface area (Å²) in [7, 11) is 0. The number of rotatable bonds is 4. The number of pyridine rings is 1. The van der Waals surface area contributed by atoms with Gasteiger partial charge in [-0.2, -0.15) is 0 Å². The van der Waals surface area contributed by atoms with E-state index in [9.17, 15) is 14.3 Å². The molecular weight excluding hydrogens is 337 g/mol. The third-order valence-electron chi connectivity index (χ3n) is 4.74. The van der Waals surface area contributed by atoms with Gasteiger partial charge >= 0.3 is 5.97 Å². The Morgan fingerprint density at radius 2 is 1.80 bits per heavy atom. The smallest absolute Gasteiger partial charge is 0.320 e. The molecule has 1 aliphatic carbocycles. The molecule has 0 aliphatic heterocycles. The molecule has 2 aromatic carbocycles. The molecule has 25 heavy (non-hydrogen) atoms. The van der Waals surface area contributed by atoms with E-state index in [1.807, 2.05) is 24.3 Å². The van der Waals surface area contributed by atoms with Crippen LogP contribution < -0.4 is 0 Å². The third kappa shape index (κ3) is 2.89. The van der Waals surface area contributed by atoms with Crippen molar-refractivity contribution >= 4 is 28.6 Å². The average molecular weight is 353 g/mol. The molecule has 0 radical (unpaired) electrons. The standard InChI is InChI=1S/C20H16FNO2S/c21-15-5-2-13(3-6-15)14-4-7-17-16(12-14)18(8-11-22-17)25-20(19(23)24)9-1-10-20/h2-8,11-12H,1,9-10H2,(H,23,24). The number of aliphatic carboxylic acids is 1. The summed E-state index contributed by atoms with van der Waals surface area (Å²) in [4.78, 5) is 17.0. The van der Waals surface area contributed by atoms with Gasteiger partial charge in [-0.15, -0.1) is 11.8 Å². The zero-order chi connectivity index (χ0) is 17.4. The lowest BCUT2D eigenvalue weighted by atomic mass is 9.84. The molecule has 0 unspecified atom stereocenters. The molecule has 0 bridgehead atoms. The second-order valence-electron chi connectivity index (χ2n) is 6.30. The molecule has 1 fully saturated rings. The second kappa shape index (κ2) is 6.15. The van der Waals surface area contributed by atoms with Gasteiger partial charge in [0.25, 0.3) is 0 Å². The van der Waals surface area contributed by atoms with Crippen LogP contribution in [0.4, 0.5) is 4.39 Å². The second-order valence-corrected chi connectivity index (χ2v) is 7.73. The molecule has 1 N–H and O–H groups in total. The molecule has 1 heterocycles. The minimum atomic E-state index is -0.747. The lowest BCUT2D eigenvalue weighted by Gasteiger charge is -2.37. The van der Waals surface area contributed by atoms with Crippen LogP contribution in [0.25, 0.3) is 22.0 Å². The Hall–Kier alpha value is -2.40. The number of carboxylic acids is 1. The molecule has 0 amide bonds. The number of aromatic nitrogens is 1. The van der Waals surface area contributed by atoms with Crippen LogP contribution in [0.3, 0.4) is 0 Å². The Kier molecular flexibility index (Phi) is 3.96. The van der Waals surface area contributed by atoms with E-state index in [0.29, 0.717) is 12.8 Å². The number of hydrogen-bond acceptors (Lipinski definition) is 3. The molecule has 0 atom stereocenters. The predicted octanol–water partition coefficient (Wildman–Crippen LogP) is 5.14. The minimum Gasteiger partial charge on any atom is -0.480 e. The van der Waals surface area contributed by atoms with Crippen LogP contribution in [0.1, 0.15) is 19.3 Å². The maximum atomic E-state index is 13.2. The Balaban J connectivity index is 1.78. The van der Waals surface area contributed by atoms with Crippen molar-refractivity contribution in [3.8, 4) is 11.1 Å². The summed E-state index contributed by atoms with van der Waals surface area (Å²) in [6.45, 7) is 0. The number of carboxylic acid groups (broad SMARTS) is 1. The molecule has 4 rings (SSSR count). The summed E-state index contributed by atoms with van der Waals surface area (Å²) in [6.07, 6.45) is 4.04. The first kappa shape index (κ1) is 16.1. The summed E-state index contributed by atoms with van der Waals surface area (Å²) in [6, 6.07) is 14.1. The van der Waals surface area contributed by atoms with Crippen LogP contribution in [0, 0.1) is 5.82 Å².